The highest BCUT2D eigenvalue weighted by molar-refractivity contribution is 5.91. The van der Waals surface area contributed by atoms with Crippen molar-refractivity contribution >= 4 is 12.2 Å². The highest BCUT2D eigenvalue weighted by Gasteiger charge is 2.39. The summed E-state index contributed by atoms with van der Waals surface area (Å²) in [7, 11) is 0. The molecule has 2 fully saturated rings. The van der Waals surface area contributed by atoms with Crippen LogP contribution in [0.2, 0.25) is 0 Å². The Hall–Kier alpha value is -4.16. The fourth-order valence-corrected chi connectivity index (χ4v) is 9.00. The minimum Gasteiger partial charge on any atom is -0.0988 e. The molecular weight excluding hydrogens is 661 g/mol. The van der Waals surface area contributed by atoms with Gasteiger partial charge >= 0.3 is 0 Å². The third-order valence-corrected chi connectivity index (χ3v) is 12.5. The Balaban J connectivity index is 0.000000217. The maximum absolute atomic E-state index is 4.24. The molecule has 0 bridgehead atoms. The van der Waals surface area contributed by atoms with E-state index in [-0.39, 0.29) is 5.41 Å². The summed E-state index contributed by atoms with van der Waals surface area (Å²) in [5.41, 5.74) is 19.9. The molecule has 1 unspecified atom stereocenters. The van der Waals surface area contributed by atoms with Gasteiger partial charge in [0.15, 0.2) is 0 Å². The Morgan fingerprint density at radius 3 is 1.98 bits per heavy atom. The summed E-state index contributed by atoms with van der Waals surface area (Å²) in [6.45, 7) is 36.2. The molecule has 1 atom stereocenters. The van der Waals surface area contributed by atoms with Gasteiger partial charge in [-0.05, 0) is 150 Å². The van der Waals surface area contributed by atoms with Crippen LogP contribution in [-0.2, 0) is 5.41 Å². The Morgan fingerprint density at radius 2 is 1.45 bits per heavy atom. The highest BCUT2D eigenvalue weighted by atomic mass is 14.4. The van der Waals surface area contributed by atoms with E-state index in [1.807, 2.05) is 44.2 Å². The minimum atomic E-state index is 0.0228. The Morgan fingerprint density at radius 1 is 0.800 bits per heavy atom. The molecule has 0 aliphatic heterocycles. The van der Waals surface area contributed by atoms with Crippen molar-refractivity contribution in [1.29, 1.82) is 0 Å². The number of hydrogen-bond donors (Lipinski definition) is 0. The molecule has 0 radical (unpaired) electrons. The second kappa shape index (κ2) is 20.1. The fraction of sp³-hybridized carbons (Fsp3) is 0.418. The number of allylic oxidation sites excluding steroid dienone is 8. The lowest BCUT2D eigenvalue weighted by Gasteiger charge is -2.28. The molecule has 55 heavy (non-hydrogen) atoms. The molecule has 0 heteroatoms. The van der Waals surface area contributed by atoms with Crippen molar-refractivity contribution < 1.29 is 0 Å². The Labute approximate surface area is 337 Å². The zero-order valence-electron chi connectivity index (χ0n) is 36.2. The summed E-state index contributed by atoms with van der Waals surface area (Å²) in [5.74, 6) is 2.07. The SMILES string of the molecule is C=C/C(C)=C(\C=C)C1=C(C2CC2)C(C)=CCC1.C=Cc1c(C2CCCCC2)cc2c(c1C=C)-c1ccc(C(C)CC)cc1C2(C)C.CC.Cc1ccccc1. The fourth-order valence-electron chi connectivity index (χ4n) is 9.00. The van der Waals surface area contributed by atoms with Crippen LogP contribution < -0.4 is 0 Å². The van der Waals surface area contributed by atoms with E-state index < -0.39 is 0 Å². The van der Waals surface area contributed by atoms with Gasteiger partial charge < -0.3 is 0 Å². The molecule has 0 amide bonds. The molecule has 7 rings (SSSR count). The predicted octanol–water partition coefficient (Wildman–Crippen LogP) is 17.0. The molecule has 0 aromatic heterocycles. The average Bonchev–Trinajstić information content (AvgIpc) is 4.03. The van der Waals surface area contributed by atoms with Crippen molar-refractivity contribution in [2.45, 2.75) is 144 Å². The van der Waals surface area contributed by atoms with Gasteiger partial charge in [-0.25, -0.2) is 0 Å². The summed E-state index contributed by atoms with van der Waals surface area (Å²) < 4.78 is 0. The van der Waals surface area contributed by atoms with Crippen LogP contribution in [0.4, 0.5) is 0 Å². The van der Waals surface area contributed by atoms with Crippen LogP contribution in [0.25, 0.3) is 23.3 Å². The van der Waals surface area contributed by atoms with E-state index in [4.69, 9.17) is 0 Å². The number of hydrogen-bond acceptors (Lipinski definition) is 0. The molecule has 3 aromatic rings. The second-order valence-corrected chi connectivity index (χ2v) is 16.5. The number of aryl methyl sites for hydroxylation is 1. The maximum atomic E-state index is 4.24. The van der Waals surface area contributed by atoms with Crippen molar-refractivity contribution in [2.24, 2.45) is 5.92 Å². The summed E-state index contributed by atoms with van der Waals surface area (Å²) >= 11 is 0. The summed E-state index contributed by atoms with van der Waals surface area (Å²) in [6, 6.07) is 20.0. The third kappa shape index (κ3) is 9.81. The molecule has 0 saturated heterocycles. The van der Waals surface area contributed by atoms with Crippen molar-refractivity contribution in [3.05, 3.63) is 166 Å². The van der Waals surface area contributed by atoms with Gasteiger partial charge in [-0.15, -0.1) is 0 Å². The molecule has 0 nitrogen and oxygen atoms in total. The molecule has 4 aliphatic rings. The van der Waals surface area contributed by atoms with Crippen molar-refractivity contribution in [3.8, 4) is 11.1 Å². The first-order valence-electron chi connectivity index (χ1n) is 21.5. The van der Waals surface area contributed by atoms with E-state index in [2.05, 4.69) is 129 Å². The lowest BCUT2D eigenvalue weighted by atomic mass is 9.75. The standard InChI is InChI=1S/C29H36.C17H22.C7H8.C2H6/c1-7-19(4)21-15-16-24-26(17-21)29(5,6)27-18-25(20-13-11-10-12-14-20)22(8-2)23(9-3)28(24)27;1-5-12(3)15(6-2)16-9-7-8-13(4)17(16)14-10-11-14;1-7-5-3-2-4-6-7;1-2/h8-9,15-20H,2-3,7,10-14H2,1,4-6H3;5-6,8,14H,1-2,7,9-11H2,3-4H3;2-6H,1H3;1-2H3/b;15-12+;;. The average molecular weight is 733 g/mol. The molecule has 3 aromatic carbocycles. The van der Waals surface area contributed by atoms with Crippen molar-refractivity contribution in [2.75, 3.05) is 0 Å². The van der Waals surface area contributed by atoms with Crippen molar-refractivity contribution in [3.63, 3.8) is 0 Å². The van der Waals surface area contributed by atoms with E-state index in [9.17, 15) is 0 Å². The molecule has 0 spiro atoms. The van der Waals surface area contributed by atoms with Crippen LogP contribution in [0, 0.1) is 12.8 Å². The van der Waals surface area contributed by atoms with E-state index in [1.165, 1.54) is 130 Å². The van der Waals surface area contributed by atoms with Crippen LogP contribution in [-0.4, -0.2) is 0 Å². The van der Waals surface area contributed by atoms with Gasteiger partial charge in [0.05, 0.1) is 0 Å². The number of fused-ring (bicyclic) bond motifs is 3. The van der Waals surface area contributed by atoms with Crippen LogP contribution >= 0.6 is 0 Å². The van der Waals surface area contributed by atoms with Crippen molar-refractivity contribution in [1.82, 2.24) is 0 Å². The third-order valence-electron chi connectivity index (χ3n) is 12.5. The van der Waals surface area contributed by atoms with E-state index in [0.717, 1.165) is 12.3 Å². The van der Waals surface area contributed by atoms with Gasteiger partial charge in [0, 0.05) is 5.41 Å². The first-order valence-corrected chi connectivity index (χ1v) is 21.5. The highest BCUT2D eigenvalue weighted by Crippen LogP contribution is 2.54. The molecule has 2 saturated carbocycles. The van der Waals surface area contributed by atoms with Crippen LogP contribution in [0.3, 0.4) is 0 Å². The van der Waals surface area contributed by atoms with Gasteiger partial charge in [-0.3, -0.25) is 0 Å². The lowest BCUT2D eigenvalue weighted by molar-refractivity contribution is 0.442. The first-order chi connectivity index (χ1) is 26.5. The van der Waals surface area contributed by atoms with Crippen LogP contribution in [0.15, 0.2) is 127 Å². The Bertz CT molecular complexity index is 1910. The largest absolute Gasteiger partial charge is 0.0988 e. The molecular formula is C55H72. The number of benzene rings is 3. The summed E-state index contributed by atoms with van der Waals surface area (Å²) in [6.07, 6.45) is 23.4. The second-order valence-electron chi connectivity index (χ2n) is 16.5. The van der Waals surface area contributed by atoms with E-state index in [0.29, 0.717) is 11.8 Å². The lowest BCUT2D eigenvalue weighted by Crippen LogP contribution is -2.17. The molecule has 0 heterocycles. The molecule has 292 valence electrons. The smallest absolute Gasteiger partial charge is 0.0159 e. The first kappa shape index (κ1) is 43.6. The zero-order valence-corrected chi connectivity index (χ0v) is 36.2. The van der Waals surface area contributed by atoms with E-state index >= 15 is 0 Å². The van der Waals surface area contributed by atoms with Crippen LogP contribution in [0.1, 0.15) is 170 Å². The van der Waals surface area contributed by atoms with Gasteiger partial charge in [-0.1, -0.05) is 183 Å². The normalized spacial score (nSPS) is 17.9. The van der Waals surface area contributed by atoms with Gasteiger partial charge in [0.25, 0.3) is 0 Å². The van der Waals surface area contributed by atoms with Crippen LogP contribution in [0.5, 0.6) is 0 Å². The minimum absolute atomic E-state index is 0.0228. The quantitative estimate of drug-likeness (QED) is 0.192. The van der Waals surface area contributed by atoms with Gasteiger partial charge in [0.1, 0.15) is 0 Å². The van der Waals surface area contributed by atoms with E-state index in [1.54, 1.807) is 5.57 Å². The maximum Gasteiger partial charge on any atom is 0.0159 e. The summed E-state index contributed by atoms with van der Waals surface area (Å²) in [5, 5.41) is 0. The predicted molar refractivity (Wildman–Crippen MR) is 247 cm³/mol. The topological polar surface area (TPSA) is 0 Å². The summed E-state index contributed by atoms with van der Waals surface area (Å²) in [4.78, 5) is 0. The molecule has 4 aliphatic carbocycles. The Kier molecular flexibility index (Phi) is 15.9. The number of rotatable bonds is 9. The van der Waals surface area contributed by atoms with Gasteiger partial charge in [-0.2, -0.15) is 0 Å². The monoisotopic (exact) mass is 733 g/mol. The van der Waals surface area contributed by atoms with Gasteiger partial charge in [0.2, 0.25) is 0 Å². The zero-order chi connectivity index (χ0) is 40.3. The molecule has 0 N–H and O–H groups in total.